The largest absolute Gasteiger partial charge is 0.341 e. The molecule has 0 bridgehead atoms. The first-order valence-corrected chi connectivity index (χ1v) is 7.86. The Balaban J connectivity index is 1.99. The molecule has 0 atom stereocenters. The molecule has 2 aromatic rings. The lowest BCUT2D eigenvalue weighted by molar-refractivity contribution is 0.238. The third kappa shape index (κ3) is 2.24. The zero-order valence-electron chi connectivity index (χ0n) is 12.6. The maximum absolute atomic E-state index is 6.13. The van der Waals surface area contributed by atoms with Crippen LogP contribution in [0.5, 0.6) is 0 Å². The normalized spacial score (nSPS) is 27.1. The molecule has 1 heterocycles. The van der Waals surface area contributed by atoms with Gasteiger partial charge in [-0.05, 0) is 55.7 Å². The van der Waals surface area contributed by atoms with Crippen LogP contribution in [-0.2, 0) is 11.8 Å². The predicted molar refractivity (Wildman–Crippen MR) is 83.8 cm³/mol. The number of nitrogens with two attached hydrogens (primary N) is 1. The number of H-pyrrole nitrogens is 1. The van der Waals surface area contributed by atoms with E-state index in [0.717, 1.165) is 42.0 Å². The highest BCUT2D eigenvalue weighted by Crippen LogP contribution is 2.40. The second-order valence-corrected chi connectivity index (χ2v) is 6.46. The van der Waals surface area contributed by atoms with Crippen LogP contribution in [0.3, 0.4) is 0 Å². The molecule has 20 heavy (non-hydrogen) atoms. The molecule has 0 radical (unpaired) electrons. The van der Waals surface area contributed by atoms with Crippen molar-refractivity contribution in [3.05, 3.63) is 29.6 Å². The van der Waals surface area contributed by atoms with E-state index in [1.165, 1.54) is 18.4 Å². The molecular weight excluding hydrogens is 246 g/mol. The van der Waals surface area contributed by atoms with Gasteiger partial charge < -0.3 is 10.7 Å². The summed E-state index contributed by atoms with van der Waals surface area (Å²) in [5, 5.41) is 0. The zero-order valence-corrected chi connectivity index (χ0v) is 12.6. The van der Waals surface area contributed by atoms with Crippen LogP contribution < -0.4 is 5.73 Å². The Bertz CT molecular complexity index is 591. The van der Waals surface area contributed by atoms with E-state index < -0.39 is 0 Å². The number of hydrogen-bond donors (Lipinski definition) is 2. The molecule has 0 aliphatic heterocycles. The smallest absolute Gasteiger partial charge is 0.114 e. The Morgan fingerprint density at radius 3 is 2.75 bits per heavy atom. The molecule has 3 rings (SSSR count). The van der Waals surface area contributed by atoms with E-state index >= 15 is 0 Å². The maximum Gasteiger partial charge on any atom is 0.114 e. The summed E-state index contributed by atoms with van der Waals surface area (Å²) in [6, 6.07) is 6.52. The fraction of sp³-hybridized carbons (Fsp3) is 0.588. The van der Waals surface area contributed by atoms with Crippen molar-refractivity contribution in [2.75, 3.05) is 6.54 Å². The highest BCUT2D eigenvalue weighted by Gasteiger charge is 2.37. The molecule has 108 valence electrons. The molecule has 0 amide bonds. The van der Waals surface area contributed by atoms with Crippen LogP contribution in [0.25, 0.3) is 11.0 Å². The van der Waals surface area contributed by atoms with Crippen LogP contribution in [0.15, 0.2) is 18.2 Å². The second-order valence-electron chi connectivity index (χ2n) is 6.46. The maximum atomic E-state index is 6.13. The number of fused-ring (bicyclic) bond motifs is 1. The summed E-state index contributed by atoms with van der Waals surface area (Å²) in [5.41, 5.74) is 9.79. The average molecular weight is 271 g/mol. The lowest BCUT2D eigenvalue weighted by Crippen LogP contribution is -2.39. The van der Waals surface area contributed by atoms with Crippen molar-refractivity contribution in [3.8, 4) is 0 Å². The molecule has 1 fully saturated rings. The minimum absolute atomic E-state index is 0.0674. The zero-order chi connectivity index (χ0) is 14.2. The molecule has 3 N–H and O–H groups in total. The summed E-state index contributed by atoms with van der Waals surface area (Å²) >= 11 is 0. The first-order valence-electron chi connectivity index (χ1n) is 7.86. The molecule has 1 aromatic heterocycles. The molecule has 3 nitrogen and oxygen atoms in total. The highest BCUT2D eigenvalue weighted by molar-refractivity contribution is 5.76. The number of aromatic amines is 1. The van der Waals surface area contributed by atoms with Gasteiger partial charge in [0.05, 0.1) is 11.0 Å². The molecule has 0 spiro atoms. The van der Waals surface area contributed by atoms with Gasteiger partial charge in [0.15, 0.2) is 0 Å². The van der Waals surface area contributed by atoms with Crippen LogP contribution >= 0.6 is 0 Å². The van der Waals surface area contributed by atoms with Crippen molar-refractivity contribution in [2.24, 2.45) is 11.7 Å². The standard InChI is InChI=1S/C17H25N3/c1-3-13-4-5-14-15(10-13)20-16(19-14)17(11-18)8-6-12(2)7-9-17/h4-5,10,12H,3,6-9,11,18H2,1-2H3,(H,19,20). The van der Waals surface area contributed by atoms with E-state index in [2.05, 4.69) is 37.0 Å². The quantitative estimate of drug-likeness (QED) is 0.897. The number of nitrogens with one attached hydrogen (secondary N) is 1. The number of aromatic nitrogens is 2. The second kappa shape index (κ2) is 5.21. The van der Waals surface area contributed by atoms with Crippen LogP contribution in [0.2, 0.25) is 0 Å². The summed E-state index contributed by atoms with van der Waals surface area (Å²) in [6.45, 7) is 5.22. The predicted octanol–water partition coefficient (Wildman–Crippen LogP) is 3.53. The Labute approximate surface area is 121 Å². The van der Waals surface area contributed by atoms with E-state index in [1.54, 1.807) is 0 Å². The molecule has 1 aliphatic carbocycles. The molecule has 1 aromatic carbocycles. The van der Waals surface area contributed by atoms with Gasteiger partial charge in [0, 0.05) is 12.0 Å². The van der Waals surface area contributed by atoms with Crippen molar-refractivity contribution in [1.82, 2.24) is 9.97 Å². The fourth-order valence-electron chi connectivity index (χ4n) is 3.38. The van der Waals surface area contributed by atoms with Crippen molar-refractivity contribution < 1.29 is 0 Å². The van der Waals surface area contributed by atoms with Crippen molar-refractivity contribution >= 4 is 11.0 Å². The van der Waals surface area contributed by atoms with Gasteiger partial charge in [-0.2, -0.15) is 0 Å². The molecule has 0 saturated heterocycles. The van der Waals surface area contributed by atoms with Gasteiger partial charge in [-0.25, -0.2) is 4.98 Å². The first kappa shape index (κ1) is 13.6. The van der Waals surface area contributed by atoms with Crippen molar-refractivity contribution in [2.45, 2.75) is 51.4 Å². The molecule has 1 saturated carbocycles. The van der Waals surface area contributed by atoms with Gasteiger partial charge in [-0.1, -0.05) is 19.9 Å². The van der Waals surface area contributed by atoms with E-state index in [0.29, 0.717) is 6.54 Å². The van der Waals surface area contributed by atoms with E-state index in [9.17, 15) is 0 Å². The van der Waals surface area contributed by atoms with Gasteiger partial charge in [-0.3, -0.25) is 0 Å². The van der Waals surface area contributed by atoms with Crippen LogP contribution in [-0.4, -0.2) is 16.5 Å². The monoisotopic (exact) mass is 271 g/mol. The Hall–Kier alpha value is -1.35. The summed E-state index contributed by atoms with van der Waals surface area (Å²) < 4.78 is 0. The van der Waals surface area contributed by atoms with Gasteiger partial charge in [0.25, 0.3) is 0 Å². The summed E-state index contributed by atoms with van der Waals surface area (Å²) in [7, 11) is 0. The topological polar surface area (TPSA) is 54.7 Å². The number of nitrogens with zero attached hydrogens (tertiary/aromatic N) is 1. The minimum Gasteiger partial charge on any atom is -0.341 e. The first-order chi connectivity index (χ1) is 9.66. The van der Waals surface area contributed by atoms with E-state index in [4.69, 9.17) is 10.7 Å². The van der Waals surface area contributed by atoms with E-state index in [1.807, 2.05) is 0 Å². The number of benzene rings is 1. The van der Waals surface area contributed by atoms with Gasteiger partial charge in [-0.15, -0.1) is 0 Å². The minimum atomic E-state index is 0.0674. The van der Waals surface area contributed by atoms with Gasteiger partial charge >= 0.3 is 0 Å². The van der Waals surface area contributed by atoms with Crippen LogP contribution in [0, 0.1) is 5.92 Å². The Kier molecular flexibility index (Phi) is 3.55. The Morgan fingerprint density at radius 1 is 1.35 bits per heavy atom. The average Bonchev–Trinajstić information content (AvgIpc) is 2.91. The molecule has 1 aliphatic rings. The van der Waals surface area contributed by atoms with Crippen molar-refractivity contribution in [1.29, 1.82) is 0 Å². The number of imidazole rings is 1. The summed E-state index contributed by atoms with van der Waals surface area (Å²) in [6.07, 6.45) is 5.89. The molecule has 0 unspecified atom stereocenters. The number of aryl methyl sites for hydroxylation is 1. The number of hydrogen-bond acceptors (Lipinski definition) is 2. The fourth-order valence-corrected chi connectivity index (χ4v) is 3.38. The van der Waals surface area contributed by atoms with Crippen LogP contribution in [0.1, 0.15) is 50.9 Å². The van der Waals surface area contributed by atoms with Gasteiger partial charge in [0.2, 0.25) is 0 Å². The lowest BCUT2D eigenvalue weighted by Gasteiger charge is -2.36. The summed E-state index contributed by atoms with van der Waals surface area (Å²) in [5.74, 6) is 1.93. The van der Waals surface area contributed by atoms with E-state index in [-0.39, 0.29) is 5.41 Å². The SMILES string of the molecule is CCc1ccc2nc(C3(CN)CCC(C)CC3)[nH]c2c1. The van der Waals surface area contributed by atoms with Crippen LogP contribution in [0.4, 0.5) is 0 Å². The third-order valence-electron chi connectivity index (χ3n) is 5.08. The lowest BCUT2D eigenvalue weighted by atomic mass is 9.70. The van der Waals surface area contributed by atoms with Gasteiger partial charge in [0.1, 0.15) is 5.82 Å². The summed E-state index contributed by atoms with van der Waals surface area (Å²) in [4.78, 5) is 8.40. The number of rotatable bonds is 3. The third-order valence-corrected chi connectivity index (χ3v) is 5.08. The van der Waals surface area contributed by atoms with Crippen molar-refractivity contribution in [3.63, 3.8) is 0 Å². The Morgan fingerprint density at radius 2 is 2.10 bits per heavy atom. The molecule has 3 heteroatoms. The highest BCUT2D eigenvalue weighted by atomic mass is 15.0. The molecular formula is C17H25N3.